The van der Waals surface area contributed by atoms with Crippen LogP contribution in [0.25, 0.3) is 12.2 Å². The molecule has 21 heavy (non-hydrogen) atoms. The van der Waals surface area contributed by atoms with Crippen LogP contribution >= 0.6 is 23.5 Å². The van der Waals surface area contributed by atoms with Crippen LogP contribution in [0, 0.1) is 0 Å². The first-order chi connectivity index (χ1) is 10.2. The van der Waals surface area contributed by atoms with Crippen LogP contribution in [0.2, 0.25) is 5.02 Å². The number of halogens is 1. The monoisotopic (exact) mass is 317 g/mol. The fourth-order valence-electron chi connectivity index (χ4n) is 1.80. The van der Waals surface area contributed by atoms with E-state index in [0.717, 1.165) is 27.6 Å². The quantitative estimate of drug-likeness (QED) is 0.543. The van der Waals surface area contributed by atoms with Crippen LogP contribution in [-0.2, 0) is 0 Å². The average Bonchev–Trinajstić information content (AvgIpc) is 2.52. The topological polar surface area (TPSA) is 21.3 Å². The van der Waals surface area contributed by atoms with E-state index in [0.29, 0.717) is 0 Å². The van der Waals surface area contributed by atoms with E-state index in [1.54, 1.807) is 12.5 Å². The minimum atomic E-state index is 0.734. The van der Waals surface area contributed by atoms with Gasteiger partial charge in [0.05, 0.1) is 7.11 Å². The largest absolute Gasteiger partial charge is 0.496 e. The van der Waals surface area contributed by atoms with Gasteiger partial charge in [0.15, 0.2) is 0 Å². The summed E-state index contributed by atoms with van der Waals surface area (Å²) in [5.74, 6) is 0.828. The van der Waals surface area contributed by atoms with Crippen LogP contribution in [0.15, 0.2) is 54.5 Å². The molecule has 0 heterocycles. The highest BCUT2D eigenvalue weighted by Gasteiger charge is 2.01. The fourth-order valence-corrected chi connectivity index (χ4v) is 2.27. The van der Waals surface area contributed by atoms with E-state index >= 15 is 0 Å². The molecule has 0 amide bonds. The number of nitrogens with one attached hydrogen (secondary N) is 1. The minimum absolute atomic E-state index is 0.734. The molecule has 0 unspecified atom stereocenters. The molecule has 2 rings (SSSR count). The number of ether oxygens (including phenoxy) is 1. The van der Waals surface area contributed by atoms with E-state index in [4.69, 9.17) is 16.3 Å². The Balaban J connectivity index is 2.23. The molecular formula is C17H16ClNOS. The third-order valence-electron chi connectivity index (χ3n) is 2.82. The van der Waals surface area contributed by atoms with Crippen molar-refractivity contribution >= 4 is 41.4 Å². The summed E-state index contributed by atoms with van der Waals surface area (Å²) in [6, 6.07) is 13.6. The standard InChI is InChI=1S/C17H16ClNOS/c1-3-21-19-16-10-11-17(20-2)14(12-16)7-4-13-5-8-15(18)9-6-13/h3-12,19H,1H2,2H3/b7-4+. The summed E-state index contributed by atoms with van der Waals surface area (Å²) < 4.78 is 8.57. The summed E-state index contributed by atoms with van der Waals surface area (Å²) in [5, 5.41) is 2.48. The Hall–Kier alpha value is -1.84. The second-order valence-corrected chi connectivity index (χ2v) is 5.44. The molecule has 4 heteroatoms. The lowest BCUT2D eigenvalue weighted by molar-refractivity contribution is 0.414. The Kier molecular flexibility index (Phi) is 5.78. The van der Waals surface area contributed by atoms with E-state index in [1.807, 2.05) is 54.6 Å². The molecular weight excluding hydrogens is 302 g/mol. The zero-order valence-electron chi connectivity index (χ0n) is 11.7. The molecule has 0 aliphatic rings. The van der Waals surface area contributed by atoms with Crippen LogP contribution in [-0.4, -0.2) is 7.11 Å². The van der Waals surface area contributed by atoms with Gasteiger partial charge in [0.1, 0.15) is 5.75 Å². The second-order valence-electron chi connectivity index (χ2n) is 4.23. The normalized spacial score (nSPS) is 10.6. The van der Waals surface area contributed by atoms with Crippen molar-refractivity contribution in [1.82, 2.24) is 0 Å². The molecule has 0 aromatic heterocycles. The summed E-state index contributed by atoms with van der Waals surface area (Å²) in [6.45, 7) is 3.67. The summed E-state index contributed by atoms with van der Waals surface area (Å²) in [6.07, 6.45) is 4.05. The van der Waals surface area contributed by atoms with Gasteiger partial charge in [-0.25, -0.2) is 0 Å². The van der Waals surface area contributed by atoms with Gasteiger partial charge in [0.2, 0.25) is 0 Å². The molecule has 0 fully saturated rings. The molecule has 1 N–H and O–H groups in total. The minimum Gasteiger partial charge on any atom is -0.496 e. The van der Waals surface area contributed by atoms with Gasteiger partial charge < -0.3 is 9.46 Å². The van der Waals surface area contributed by atoms with Crippen molar-refractivity contribution in [3.63, 3.8) is 0 Å². The maximum Gasteiger partial charge on any atom is 0.126 e. The highest BCUT2D eigenvalue weighted by Crippen LogP contribution is 2.26. The van der Waals surface area contributed by atoms with Gasteiger partial charge in [-0.3, -0.25) is 0 Å². The average molecular weight is 318 g/mol. The maximum atomic E-state index is 5.88. The van der Waals surface area contributed by atoms with Gasteiger partial charge in [-0.2, -0.15) is 0 Å². The smallest absolute Gasteiger partial charge is 0.126 e. The zero-order chi connectivity index (χ0) is 15.1. The Bertz CT molecular complexity index is 638. The molecule has 2 aromatic rings. The predicted octanol–water partition coefficient (Wildman–Crippen LogP) is 5.72. The van der Waals surface area contributed by atoms with E-state index in [2.05, 4.69) is 11.3 Å². The SMILES string of the molecule is C=CSNc1ccc(OC)c(/C=C/c2ccc(Cl)cc2)c1. The summed E-state index contributed by atoms with van der Waals surface area (Å²) in [7, 11) is 1.67. The lowest BCUT2D eigenvalue weighted by Crippen LogP contribution is -1.90. The summed E-state index contributed by atoms with van der Waals surface area (Å²) in [5.41, 5.74) is 3.08. The third-order valence-corrected chi connectivity index (χ3v) is 3.59. The maximum absolute atomic E-state index is 5.88. The van der Waals surface area contributed by atoms with Crippen molar-refractivity contribution in [3.8, 4) is 5.75 Å². The van der Waals surface area contributed by atoms with Crippen molar-refractivity contribution < 1.29 is 4.74 Å². The number of methoxy groups -OCH3 is 1. The number of benzene rings is 2. The van der Waals surface area contributed by atoms with Crippen molar-refractivity contribution in [2.24, 2.45) is 0 Å². The lowest BCUT2D eigenvalue weighted by Gasteiger charge is -2.08. The van der Waals surface area contributed by atoms with Gasteiger partial charge in [0.25, 0.3) is 0 Å². The molecule has 0 saturated heterocycles. The van der Waals surface area contributed by atoms with Crippen LogP contribution in [0.1, 0.15) is 11.1 Å². The Morgan fingerprint density at radius 3 is 2.57 bits per heavy atom. The van der Waals surface area contributed by atoms with Crippen LogP contribution < -0.4 is 9.46 Å². The molecule has 0 bridgehead atoms. The van der Waals surface area contributed by atoms with Gasteiger partial charge in [-0.15, -0.1) is 0 Å². The molecule has 108 valence electrons. The van der Waals surface area contributed by atoms with E-state index < -0.39 is 0 Å². The van der Waals surface area contributed by atoms with Crippen LogP contribution in [0.5, 0.6) is 5.75 Å². The zero-order valence-corrected chi connectivity index (χ0v) is 13.2. The van der Waals surface area contributed by atoms with Crippen LogP contribution in [0.4, 0.5) is 5.69 Å². The van der Waals surface area contributed by atoms with E-state index in [9.17, 15) is 0 Å². The first kappa shape index (κ1) is 15.5. The van der Waals surface area contributed by atoms with Gasteiger partial charge >= 0.3 is 0 Å². The Morgan fingerprint density at radius 2 is 1.90 bits per heavy atom. The number of anilines is 1. The molecule has 0 aliphatic heterocycles. The predicted molar refractivity (Wildman–Crippen MR) is 94.8 cm³/mol. The Labute approximate surface area is 134 Å². The van der Waals surface area contributed by atoms with Crippen molar-refractivity contribution in [3.05, 3.63) is 70.6 Å². The first-order valence-corrected chi connectivity index (χ1v) is 7.63. The summed E-state index contributed by atoms with van der Waals surface area (Å²) in [4.78, 5) is 0. The highest BCUT2D eigenvalue weighted by molar-refractivity contribution is 8.03. The van der Waals surface area contributed by atoms with Gasteiger partial charge in [-0.1, -0.05) is 42.5 Å². The van der Waals surface area contributed by atoms with Crippen molar-refractivity contribution in [2.75, 3.05) is 11.8 Å². The van der Waals surface area contributed by atoms with Crippen molar-refractivity contribution in [2.45, 2.75) is 0 Å². The Morgan fingerprint density at radius 1 is 1.14 bits per heavy atom. The fraction of sp³-hybridized carbons (Fsp3) is 0.0588. The molecule has 2 nitrogen and oxygen atoms in total. The lowest BCUT2D eigenvalue weighted by atomic mass is 10.1. The van der Waals surface area contributed by atoms with Crippen molar-refractivity contribution in [1.29, 1.82) is 0 Å². The van der Waals surface area contributed by atoms with E-state index in [1.165, 1.54) is 11.9 Å². The highest BCUT2D eigenvalue weighted by atomic mass is 35.5. The molecule has 0 saturated carbocycles. The summed E-state index contributed by atoms with van der Waals surface area (Å²) >= 11 is 7.32. The first-order valence-electron chi connectivity index (χ1n) is 6.37. The third kappa shape index (κ3) is 4.59. The second kappa shape index (κ2) is 7.81. The van der Waals surface area contributed by atoms with Crippen LogP contribution in [0.3, 0.4) is 0 Å². The van der Waals surface area contributed by atoms with Gasteiger partial charge in [-0.05, 0) is 53.3 Å². The molecule has 2 aromatic carbocycles. The number of rotatable bonds is 6. The van der Waals surface area contributed by atoms with Gasteiger partial charge in [0, 0.05) is 16.3 Å². The molecule has 0 aliphatic carbocycles. The molecule has 0 radical (unpaired) electrons. The van der Waals surface area contributed by atoms with E-state index in [-0.39, 0.29) is 0 Å². The number of hydrogen-bond acceptors (Lipinski definition) is 3. The molecule has 0 spiro atoms. The molecule has 0 atom stereocenters. The number of hydrogen-bond donors (Lipinski definition) is 1.